The van der Waals surface area contributed by atoms with Crippen LogP contribution in [-0.4, -0.2) is 10.8 Å². The molecule has 0 saturated carbocycles. The van der Waals surface area contributed by atoms with Crippen LogP contribution in [0.15, 0.2) is 236 Å². The van der Waals surface area contributed by atoms with Gasteiger partial charge in [-0.25, -0.2) is 9.98 Å². The Morgan fingerprint density at radius 2 is 1.11 bits per heavy atom. The van der Waals surface area contributed by atoms with Crippen molar-refractivity contribution in [3.05, 3.63) is 247 Å². The second-order valence-corrected chi connectivity index (χ2v) is 16.2. The molecule has 3 heteroatoms. The Bertz CT molecular complexity index is 3220. The van der Waals surface area contributed by atoms with Crippen LogP contribution in [0.2, 0.25) is 0 Å². The molecule has 2 heterocycles. The monoisotopic (exact) mass is 793 g/mol. The van der Waals surface area contributed by atoms with Gasteiger partial charge in [0.1, 0.15) is 5.84 Å². The fourth-order valence-electron chi connectivity index (χ4n) is 9.00. The summed E-state index contributed by atoms with van der Waals surface area (Å²) in [6.45, 7) is 0. The number of nitrogens with one attached hydrogen (secondary N) is 1. The summed E-state index contributed by atoms with van der Waals surface area (Å²) in [6.07, 6.45) is 10.1. The van der Waals surface area contributed by atoms with Gasteiger partial charge in [0.15, 0.2) is 0 Å². The maximum atomic E-state index is 5.37. The molecule has 0 amide bonds. The van der Waals surface area contributed by atoms with Gasteiger partial charge in [0.2, 0.25) is 0 Å². The van der Waals surface area contributed by atoms with E-state index in [1.807, 2.05) is 0 Å². The molecule has 0 bridgehead atoms. The molecule has 294 valence electrons. The van der Waals surface area contributed by atoms with Gasteiger partial charge in [-0.05, 0) is 104 Å². The second kappa shape index (κ2) is 16.3. The Labute approximate surface area is 362 Å². The van der Waals surface area contributed by atoms with E-state index in [2.05, 4.69) is 236 Å². The predicted molar refractivity (Wildman–Crippen MR) is 260 cm³/mol. The van der Waals surface area contributed by atoms with Gasteiger partial charge in [0.25, 0.3) is 0 Å². The van der Waals surface area contributed by atoms with Gasteiger partial charge in [-0.1, -0.05) is 194 Å². The molecule has 9 aromatic rings. The number of pyridine rings is 1. The van der Waals surface area contributed by atoms with E-state index >= 15 is 0 Å². The first-order valence-electron chi connectivity index (χ1n) is 21.5. The van der Waals surface area contributed by atoms with Crippen molar-refractivity contribution in [2.45, 2.75) is 12.5 Å². The molecule has 11 rings (SSSR count). The third kappa shape index (κ3) is 7.35. The first kappa shape index (κ1) is 37.1. The zero-order valence-electron chi connectivity index (χ0n) is 34.2. The summed E-state index contributed by atoms with van der Waals surface area (Å²) in [7, 11) is 0. The predicted octanol–water partition coefficient (Wildman–Crippen LogP) is 14.8. The second-order valence-electron chi connectivity index (χ2n) is 16.2. The Morgan fingerprint density at radius 1 is 0.484 bits per heavy atom. The highest BCUT2D eigenvalue weighted by atomic mass is 15.1. The van der Waals surface area contributed by atoms with Crippen LogP contribution in [-0.2, 0) is 0 Å². The average Bonchev–Trinajstić information content (AvgIpc) is 3.37. The first-order valence-corrected chi connectivity index (χ1v) is 21.5. The number of allylic oxidation sites excluding steroid dienone is 3. The summed E-state index contributed by atoms with van der Waals surface area (Å²) < 4.78 is 0. The molecule has 0 fully saturated rings. The number of aliphatic imine (C=N–C) groups is 1. The maximum absolute atomic E-state index is 5.37. The smallest absolute Gasteiger partial charge is 0.110 e. The largest absolute Gasteiger partial charge is 0.363 e. The van der Waals surface area contributed by atoms with Crippen LogP contribution in [0.3, 0.4) is 0 Å². The van der Waals surface area contributed by atoms with Crippen molar-refractivity contribution in [1.29, 1.82) is 0 Å². The Balaban J connectivity index is 0.922. The first-order chi connectivity index (χ1) is 30.7. The van der Waals surface area contributed by atoms with Crippen molar-refractivity contribution < 1.29 is 0 Å². The quantitative estimate of drug-likeness (QED) is 0.156. The van der Waals surface area contributed by atoms with E-state index in [-0.39, 0.29) is 12.0 Å². The van der Waals surface area contributed by atoms with Crippen molar-refractivity contribution in [3.63, 3.8) is 0 Å². The molecular formula is C59H43N3. The highest BCUT2D eigenvalue weighted by molar-refractivity contribution is 6.14. The molecule has 3 nitrogen and oxygen atoms in total. The van der Waals surface area contributed by atoms with E-state index < -0.39 is 0 Å². The Hall–Kier alpha value is -7.88. The molecule has 2 aliphatic rings. The minimum atomic E-state index is -0.0466. The summed E-state index contributed by atoms with van der Waals surface area (Å²) in [6, 6.07) is 73.5. The van der Waals surface area contributed by atoms with Crippen molar-refractivity contribution >= 4 is 38.8 Å². The van der Waals surface area contributed by atoms with Crippen molar-refractivity contribution in [2.75, 3.05) is 0 Å². The van der Waals surface area contributed by atoms with Crippen LogP contribution in [0, 0.1) is 5.92 Å². The number of nitrogens with zero attached hydrogens (tertiary/aromatic N) is 2. The van der Waals surface area contributed by atoms with Gasteiger partial charge in [0.05, 0.1) is 22.9 Å². The van der Waals surface area contributed by atoms with Crippen molar-refractivity contribution in [3.8, 4) is 44.6 Å². The van der Waals surface area contributed by atoms with Gasteiger partial charge in [-0.15, -0.1) is 0 Å². The highest BCUT2D eigenvalue weighted by Crippen LogP contribution is 2.39. The summed E-state index contributed by atoms with van der Waals surface area (Å²) in [5.41, 5.74) is 16.0. The standard InChI is InChI=1S/C59H43N3/c1-5-15-40(16-6-1)46-23-13-25-50(36-46)56-39-57(51-26-14-24-47(37-51)41-17-7-2-8-18-41)62-59(61-56)45-29-27-42(28-30-45)48-31-33-52-49(35-48)32-34-54-58(52)53(43-19-9-3-10-20-43)38-55(60-54)44-21-11-4-12-22-44/h1-29,31-39,45,56H,30H2,(H,61,62). The van der Waals surface area contributed by atoms with Crippen LogP contribution >= 0.6 is 0 Å². The fourth-order valence-corrected chi connectivity index (χ4v) is 9.00. The minimum Gasteiger partial charge on any atom is -0.363 e. The Kier molecular flexibility index (Phi) is 9.76. The molecule has 0 saturated heterocycles. The molecule has 62 heavy (non-hydrogen) atoms. The third-order valence-corrected chi connectivity index (χ3v) is 12.2. The van der Waals surface area contributed by atoms with Crippen molar-refractivity contribution in [1.82, 2.24) is 10.3 Å². The van der Waals surface area contributed by atoms with E-state index in [1.165, 1.54) is 66.2 Å². The molecule has 2 atom stereocenters. The van der Waals surface area contributed by atoms with Gasteiger partial charge in [-0.3, -0.25) is 0 Å². The number of fused-ring (bicyclic) bond motifs is 3. The van der Waals surface area contributed by atoms with Crippen LogP contribution < -0.4 is 5.32 Å². The Morgan fingerprint density at radius 3 is 1.81 bits per heavy atom. The van der Waals surface area contributed by atoms with Gasteiger partial charge < -0.3 is 5.32 Å². The fraction of sp³-hybridized carbons (Fsp3) is 0.0508. The summed E-state index contributed by atoms with van der Waals surface area (Å²) in [5, 5.41) is 7.46. The normalized spacial score (nSPS) is 16.0. The topological polar surface area (TPSA) is 37.3 Å². The van der Waals surface area contributed by atoms with E-state index in [1.54, 1.807) is 0 Å². The molecule has 1 aromatic heterocycles. The number of rotatable bonds is 8. The molecule has 0 spiro atoms. The summed E-state index contributed by atoms with van der Waals surface area (Å²) in [5.74, 6) is 1.08. The van der Waals surface area contributed by atoms with Crippen LogP contribution in [0.1, 0.15) is 29.2 Å². The lowest BCUT2D eigenvalue weighted by molar-refractivity contribution is 0.720. The lowest BCUT2D eigenvalue weighted by Crippen LogP contribution is -2.35. The SMILES string of the molecule is C1=CC(C2=NC(c3cccc(-c4ccccc4)c3)=CC(c3cccc(-c4ccccc4)c3)N2)CC=C1c1ccc2c(ccc3nc(-c4ccccc4)cc(-c4ccccc4)c32)c1. The molecule has 1 aliphatic heterocycles. The maximum Gasteiger partial charge on any atom is 0.110 e. The van der Waals surface area contributed by atoms with Crippen LogP contribution in [0.25, 0.3) is 77.6 Å². The lowest BCUT2D eigenvalue weighted by atomic mass is 9.89. The number of aromatic nitrogens is 1. The summed E-state index contributed by atoms with van der Waals surface area (Å²) in [4.78, 5) is 10.6. The van der Waals surface area contributed by atoms with Gasteiger partial charge in [0, 0.05) is 22.4 Å². The molecule has 1 aliphatic carbocycles. The zero-order valence-corrected chi connectivity index (χ0v) is 34.2. The number of benzene rings is 8. The van der Waals surface area contributed by atoms with E-state index in [4.69, 9.17) is 9.98 Å². The number of hydrogen-bond donors (Lipinski definition) is 1. The van der Waals surface area contributed by atoms with Gasteiger partial charge >= 0.3 is 0 Å². The average molecular weight is 794 g/mol. The number of hydrogen-bond acceptors (Lipinski definition) is 3. The summed E-state index contributed by atoms with van der Waals surface area (Å²) >= 11 is 0. The molecular weight excluding hydrogens is 751 g/mol. The van der Waals surface area contributed by atoms with Crippen molar-refractivity contribution in [2.24, 2.45) is 10.9 Å². The number of amidine groups is 1. The van der Waals surface area contributed by atoms with Crippen LogP contribution in [0.5, 0.6) is 0 Å². The third-order valence-electron chi connectivity index (χ3n) is 12.2. The minimum absolute atomic E-state index is 0.0466. The molecule has 1 N–H and O–H groups in total. The lowest BCUT2D eigenvalue weighted by Gasteiger charge is -2.29. The molecule has 2 unspecified atom stereocenters. The zero-order chi connectivity index (χ0) is 41.2. The van der Waals surface area contributed by atoms with E-state index in [0.29, 0.717) is 0 Å². The van der Waals surface area contributed by atoms with Crippen LogP contribution in [0.4, 0.5) is 0 Å². The van der Waals surface area contributed by atoms with E-state index in [9.17, 15) is 0 Å². The molecule has 8 aromatic carbocycles. The highest BCUT2D eigenvalue weighted by Gasteiger charge is 2.25. The van der Waals surface area contributed by atoms with E-state index in [0.717, 1.165) is 40.3 Å². The van der Waals surface area contributed by atoms with Gasteiger partial charge in [-0.2, -0.15) is 0 Å². The molecule has 0 radical (unpaired) electrons.